The maximum Gasteiger partial charge on any atom is 0.262 e. The first-order valence-corrected chi connectivity index (χ1v) is 15.8. The number of imide groups is 2. The van der Waals surface area contributed by atoms with E-state index in [0.29, 0.717) is 18.3 Å². The van der Waals surface area contributed by atoms with Gasteiger partial charge in [-0.1, -0.05) is 36.4 Å². The maximum absolute atomic E-state index is 13.3. The highest BCUT2D eigenvalue weighted by Crippen LogP contribution is 2.33. The summed E-state index contributed by atoms with van der Waals surface area (Å²) in [4.78, 5) is 69.1. The van der Waals surface area contributed by atoms with Gasteiger partial charge in [0.25, 0.3) is 11.8 Å². The highest BCUT2D eigenvalue weighted by molar-refractivity contribution is 6.23. The Balaban J connectivity index is 1.00. The lowest BCUT2D eigenvalue weighted by Gasteiger charge is -2.46. The van der Waals surface area contributed by atoms with Crippen LogP contribution < -0.4 is 10.1 Å². The number of piperidine rings is 3. The van der Waals surface area contributed by atoms with Crippen molar-refractivity contribution in [2.24, 2.45) is 11.8 Å². The molecule has 2 bridgehead atoms. The molecule has 46 heavy (non-hydrogen) atoms. The largest absolute Gasteiger partial charge is 0.497 e. The molecule has 3 saturated heterocycles. The fraction of sp³-hybridized carbons (Fsp3) is 0.361. The quantitative estimate of drug-likeness (QED) is 0.403. The Labute approximate surface area is 267 Å². The number of hydrogen-bond donors (Lipinski definition) is 1. The molecule has 7 rings (SSSR count). The fourth-order valence-electron chi connectivity index (χ4n) is 7.55. The third kappa shape index (κ3) is 5.80. The lowest BCUT2D eigenvalue weighted by molar-refractivity contribution is -0.136. The van der Waals surface area contributed by atoms with E-state index in [1.54, 1.807) is 19.2 Å². The fourth-order valence-corrected chi connectivity index (χ4v) is 7.55. The van der Waals surface area contributed by atoms with E-state index in [2.05, 4.69) is 22.3 Å². The molecule has 4 aliphatic heterocycles. The van der Waals surface area contributed by atoms with Crippen LogP contribution in [0.2, 0.25) is 0 Å². The van der Waals surface area contributed by atoms with Crippen LogP contribution in [0.5, 0.6) is 5.75 Å². The number of nitrogens with zero attached hydrogens (tertiary/aromatic N) is 3. The molecule has 0 spiro atoms. The topological polar surface area (TPSA) is 116 Å². The smallest absolute Gasteiger partial charge is 0.262 e. The molecule has 3 atom stereocenters. The van der Waals surface area contributed by atoms with Gasteiger partial charge in [0.2, 0.25) is 17.7 Å². The molecule has 3 aromatic rings. The molecule has 5 amide bonds. The minimum atomic E-state index is -0.987. The molecule has 10 nitrogen and oxygen atoms in total. The van der Waals surface area contributed by atoms with Gasteiger partial charge >= 0.3 is 0 Å². The third-order valence-electron chi connectivity index (χ3n) is 9.61. The first-order valence-electron chi connectivity index (χ1n) is 15.8. The van der Waals surface area contributed by atoms with E-state index in [9.17, 15) is 24.0 Å². The molecule has 4 aliphatic rings. The second kappa shape index (κ2) is 12.2. The number of ether oxygens (including phenoxy) is 1. The predicted molar refractivity (Wildman–Crippen MR) is 169 cm³/mol. The Kier molecular flexibility index (Phi) is 7.90. The van der Waals surface area contributed by atoms with Crippen molar-refractivity contribution in [3.8, 4) is 16.9 Å². The molecular weight excluding hydrogens is 584 g/mol. The van der Waals surface area contributed by atoms with Crippen LogP contribution >= 0.6 is 0 Å². The lowest BCUT2D eigenvalue weighted by Crippen LogP contribution is -2.54. The van der Waals surface area contributed by atoms with E-state index in [0.717, 1.165) is 72.0 Å². The van der Waals surface area contributed by atoms with Gasteiger partial charge in [-0.05, 0) is 77.3 Å². The van der Waals surface area contributed by atoms with Gasteiger partial charge in [-0.25, -0.2) is 0 Å². The number of methoxy groups -OCH3 is 1. The summed E-state index contributed by atoms with van der Waals surface area (Å²) in [6.07, 6.45) is 1.73. The number of benzene rings is 3. The third-order valence-corrected chi connectivity index (χ3v) is 9.61. The second-order valence-corrected chi connectivity index (χ2v) is 12.9. The Bertz CT molecular complexity index is 1740. The van der Waals surface area contributed by atoms with Crippen molar-refractivity contribution in [1.29, 1.82) is 0 Å². The molecule has 0 saturated carbocycles. The Morgan fingerprint density at radius 2 is 1.54 bits per heavy atom. The van der Waals surface area contributed by atoms with Crippen LogP contribution in [0, 0.1) is 11.8 Å². The molecule has 4 heterocycles. The van der Waals surface area contributed by atoms with E-state index in [4.69, 9.17) is 4.74 Å². The average Bonchev–Trinajstić information content (AvgIpc) is 3.29. The SMILES string of the molecule is COc1cccc(CC(=O)N2CC3CC(CN(Cc4cccc(-c5ccc6c(c5)C(=O)N(C5CCC(=O)NC5=O)C6=O)c4)C3)C2)c1. The molecule has 1 N–H and O–H groups in total. The van der Waals surface area contributed by atoms with Crippen LogP contribution in [-0.4, -0.2) is 83.6 Å². The molecular formula is C36H36N4O6. The summed E-state index contributed by atoms with van der Waals surface area (Å²) in [5.74, 6) is -0.251. The first-order chi connectivity index (χ1) is 22.2. The van der Waals surface area contributed by atoms with E-state index in [-0.39, 0.29) is 29.9 Å². The van der Waals surface area contributed by atoms with Crippen molar-refractivity contribution in [1.82, 2.24) is 20.0 Å². The summed E-state index contributed by atoms with van der Waals surface area (Å²) in [6.45, 7) is 4.18. The van der Waals surface area contributed by atoms with Gasteiger partial charge in [-0.2, -0.15) is 0 Å². The van der Waals surface area contributed by atoms with Gasteiger partial charge in [-0.3, -0.25) is 39.1 Å². The van der Waals surface area contributed by atoms with Crippen molar-refractivity contribution >= 4 is 29.5 Å². The second-order valence-electron chi connectivity index (χ2n) is 12.9. The number of hydrogen-bond acceptors (Lipinski definition) is 7. The zero-order chi connectivity index (χ0) is 31.9. The first kappa shape index (κ1) is 29.9. The van der Waals surface area contributed by atoms with Crippen LogP contribution in [-0.2, 0) is 27.3 Å². The van der Waals surface area contributed by atoms with Crippen LogP contribution in [0.15, 0.2) is 66.7 Å². The molecule has 0 aromatic heterocycles. The predicted octanol–water partition coefficient (Wildman–Crippen LogP) is 3.29. The van der Waals surface area contributed by atoms with Gasteiger partial charge in [-0.15, -0.1) is 0 Å². The molecule has 3 unspecified atom stereocenters. The molecule has 10 heteroatoms. The zero-order valence-electron chi connectivity index (χ0n) is 25.7. The normalized spacial score (nSPS) is 22.9. The van der Waals surface area contributed by atoms with Gasteiger partial charge in [0.1, 0.15) is 11.8 Å². The van der Waals surface area contributed by atoms with Crippen LogP contribution in [0.1, 0.15) is 51.1 Å². The van der Waals surface area contributed by atoms with E-state index < -0.39 is 29.7 Å². The summed E-state index contributed by atoms with van der Waals surface area (Å²) in [5.41, 5.74) is 4.40. The summed E-state index contributed by atoms with van der Waals surface area (Å²) in [7, 11) is 1.63. The monoisotopic (exact) mass is 620 g/mol. The Morgan fingerprint density at radius 1 is 0.826 bits per heavy atom. The van der Waals surface area contributed by atoms with Crippen molar-refractivity contribution in [3.05, 3.63) is 89.0 Å². The summed E-state index contributed by atoms with van der Waals surface area (Å²) < 4.78 is 5.31. The van der Waals surface area contributed by atoms with Gasteiger partial charge in [0, 0.05) is 39.1 Å². The van der Waals surface area contributed by atoms with Gasteiger partial charge < -0.3 is 9.64 Å². The molecule has 3 aromatic carbocycles. The maximum atomic E-state index is 13.3. The van der Waals surface area contributed by atoms with Crippen molar-refractivity contribution < 1.29 is 28.7 Å². The van der Waals surface area contributed by atoms with Gasteiger partial charge in [0.15, 0.2) is 0 Å². The molecule has 3 fully saturated rings. The minimum Gasteiger partial charge on any atom is -0.497 e. The van der Waals surface area contributed by atoms with E-state index >= 15 is 0 Å². The summed E-state index contributed by atoms with van der Waals surface area (Å²) >= 11 is 0. The lowest BCUT2D eigenvalue weighted by atomic mass is 9.84. The van der Waals surface area contributed by atoms with Crippen molar-refractivity contribution in [2.45, 2.75) is 38.3 Å². The summed E-state index contributed by atoms with van der Waals surface area (Å²) in [6, 6.07) is 20.1. The standard InChI is InChI=1S/C36H36N4O6/c1-46-28-7-3-4-22(14-28)15-33(42)39-20-24-12-25(21-39)19-38(18-24)17-23-5-2-6-26(13-23)27-8-9-29-30(16-27)36(45)40(35(29)44)31-10-11-32(41)37-34(31)43/h2-9,13-14,16,24-25,31H,10-12,15,17-21H2,1H3,(H,37,41,43). The number of amides is 5. The molecule has 236 valence electrons. The molecule has 0 aliphatic carbocycles. The zero-order valence-corrected chi connectivity index (χ0v) is 25.7. The number of nitrogens with one attached hydrogen (secondary N) is 1. The molecule has 0 radical (unpaired) electrons. The highest BCUT2D eigenvalue weighted by Gasteiger charge is 2.44. The van der Waals surface area contributed by atoms with Crippen LogP contribution in [0.3, 0.4) is 0 Å². The van der Waals surface area contributed by atoms with Gasteiger partial charge in [0.05, 0.1) is 24.7 Å². The van der Waals surface area contributed by atoms with E-state index in [1.165, 1.54) is 0 Å². The van der Waals surface area contributed by atoms with Crippen LogP contribution in [0.4, 0.5) is 0 Å². The van der Waals surface area contributed by atoms with Crippen molar-refractivity contribution in [3.63, 3.8) is 0 Å². The van der Waals surface area contributed by atoms with Crippen LogP contribution in [0.25, 0.3) is 11.1 Å². The minimum absolute atomic E-state index is 0.0843. The number of carbonyl (C=O) groups is 5. The number of carbonyl (C=O) groups excluding carboxylic acids is 5. The highest BCUT2D eigenvalue weighted by atomic mass is 16.5. The Hall–Kier alpha value is -4.83. The summed E-state index contributed by atoms with van der Waals surface area (Å²) in [5, 5.41) is 2.23. The Morgan fingerprint density at radius 3 is 2.30 bits per heavy atom. The van der Waals surface area contributed by atoms with E-state index in [1.807, 2.05) is 47.4 Å². The average molecular weight is 621 g/mol. The van der Waals surface area contributed by atoms with Crippen molar-refractivity contribution in [2.75, 3.05) is 33.3 Å². The number of likely N-dealkylation sites (tertiary alicyclic amines) is 2. The number of rotatable bonds is 7. The number of fused-ring (bicyclic) bond motifs is 3.